The Hall–Kier alpha value is -2.15. The van der Waals surface area contributed by atoms with Crippen LogP contribution in [0.25, 0.3) is 0 Å². The van der Waals surface area contributed by atoms with E-state index in [2.05, 4.69) is 10.3 Å². The monoisotopic (exact) mass is 325 g/mol. The molecule has 1 unspecified atom stereocenters. The summed E-state index contributed by atoms with van der Waals surface area (Å²) in [5.74, 6) is -1.92. The number of carboxylic acid groups (broad SMARTS) is 1. The molecule has 1 atom stereocenters. The number of nitrogens with zero attached hydrogens (tertiary/aromatic N) is 2. The Morgan fingerprint density at radius 1 is 1.45 bits per heavy atom. The van der Waals surface area contributed by atoms with Crippen LogP contribution in [-0.4, -0.2) is 51.9 Å². The second-order valence-corrected chi connectivity index (χ2v) is 5.44. The highest BCUT2D eigenvalue weighted by molar-refractivity contribution is 6.33. The molecule has 1 aliphatic heterocycles. The second kappa shape index (κ2) is 7.22. The zero-order valence-electron chi connectivity index (χ0n) is 11.8. The van der Waals surface area contributed by atoms with Crippen LogP contribution < -0.4 is 5.32 Å². The standard InChI is InChI=1S/C14H16ClN3O4/c15-10-7-16-5-4-9(10)13(21)17-11-3-1-2-6-18(14(11)22)8-12(19)20/h4-5,7,11H,1-3,6,8H2,(H,17,21)(H,19,20). The lowest BCUT2D eigenvalue weighted by Crippen LogP contribution is -2.48. The van der Waals surface area contributed by atoms with Gasteiger partial charge in [0.25, 0.3) is 5.91 Å². The van der Waals surface area contributed by atoms with Crippen molar-refractivity contribution < 1.29 is 19.5 Å². The third-order valence-corrected chi connectivity index (χ3v) is 3.73. The van der Waals surface area contributed by atoms with E-state index in [4.69, 9.17) is 16.7 Å². The number of halogens is 1. The first-order valence-electron chi connectivity index (χ1n) is 6.90. The summed E-state index contributed by atoms with van der Waals surface area (Å²) in [5, 5.41) is 11.7. The second-order valence-electron chi connectivity index (χ2n) is 5.03. The Kier molecular flexibility index (Phi) is 5.32. The van der Waals surface area contributed by atoms with E-state index in [1.807, 2.05) is 0 Å². The maximum Gasteiger partial charge on any atom is 0.323 e. The highest BCUT2D eigenvalue weighted by atomic mass is 35.5. The highest BCUT2D eigenvalue weighted by Crippen LogP contribution is 2.16. The minimum Gasteiger partial charge on any atom is -0.480 e. The van der Waals surface area contributed by atoms with Gasteiger partial charge in [0.1, 0.15) is 12.6 Å². The number of amides is 2. The Morgan fingerprint density at radius 2 is 2.23 bits per heavy atom. The van der Waals surface area contributed by atoms with Gasteiger partial charge in [-0.1, -0.05) is 11.6 Å². The van der Waals surface area contributed by atoms with Crippen LogP contribution in [0.2, 0.25) is 5.02 Å². The number of carbonyl (C=O) groups excluding carboxylic acids is 2. The van der Waals surface area contributed by atoms with Crippen molar-refractivity contribution in [1.29, 1.82) is 0 Å². The molecule has 0 aliphatic carbocycles. The number of hydrogen-bond acceptors (Lipinski definition) is 4. The maximum atomic E-state index is 12.3. The Labute approximate surface area is 132 Å². The summed E-state index contributed by atoms with van der Waals surface area (Å²) in [7, 11) is 0. The summed E-state index contributed by atoms with van der Waals surface area (Å²) in [6, 6.07) is 0.729. The molecular weight excluding hydrogens is 310 g/mol. The first kappa shape index (κ1) is 16.2. The molecule has 2 heterocycles. The summed E-state index contributed by atoms with van der Waals surface area (Å²) in [6.07, 6.45) is 4.70. The predicted octanol–water partition coefficient (Wildman–Crippen LogP) is 0.930. The number of hydrogen-bond donors (Lipinski definition) is 2. The van der Waals surface area contributed by atoms with Gasteiger partial charge in [0.15, 0.2) is 0 Å². The van der Waals surface area contributed by atoms with E-state index in [1.54, 1.807) is 0 Å². The summed E-state index contributed by atoms with van der Waals surface area (Å²) < 4.78 is 0. The Balaban J connectivity index is 2.10. The van der Waals surface area contributed by atoms with Gasteiger partial charge in [-0.15, -0.1) is 0 Å². The van der Waals surface area contributed by atoms with Crippen LogP contribution >= 0.6 is 11.6 Å². The van der Waals surface area contributed by atoms with Crippen molar-refractivity contribution in [2.45, 2.75) is 25.3 Å². The van der Waals surface area contributed by atoms with Gasteiger partial charge in [-0.2, -0.15) is 0 Å². The summed E-state index contributed by atoms with van der Waals surface area (Å²) in [5.41, 5.74) is 0.235. The van der Waals surface area contributed by atoms with E-state index >= 15 is 0 Å². The molecule has 1 aromatic rings. The molecule has 0 aromatic carbocycles. The van der Waals surface area contributed by atoms with Crippen LogP contribution in [0.1, 0.15) is 29.6 Å². The summed E-state index contributed by atoms with van der Waals surface area (Å²) in [4.78, 5) is 40.4. The van der Waals surface area contributed by atoms with Gasteiger partial charge in [0, 0.05) is 18.9 Å². The smallest absolute Gasteiger partial charge is 0.323 e. The van der Waals surface area contributed by atoms with Crippen LogP contribution in [0, 0.1) is 0 Å². The van der Waals surface area contributed by atoms with Gasteiger partial charge >= 0.3 is 5.97 Å². The molecule has 2 rings (SSSR count). The van der Waals surface area contributed by atoms with E-state index in [9.17, 15) is 14.4 Å². The molecule has 0 spiro atoms. The van der Waals surface area contributed by atoms with E-state index < -0.39 is 17.9 Å². The number of aromatic nitrogens is 1. The third kappa shape index (κ3) is 3.94. The third-order valence-electron chi connectivity index (χ3n) is 3.43. The van der Waals surface area contributed by atoms with E-state index in [1.165, 1.54) is 23.4 Å². The molecule has 22 heavy (non-hydrogen) atoms. The maximum absolute atomic E-state index is 12.3. The minimum absolute atomic E-state index is 0.198. The fourth-order valence-electron chi connectivity index (χ4n) is 2.35. The summed E-state index contributed by atoms with van der Waals surface area (Å²) >= 11 is 5.91. The molecular formula is C14H16ClN3O4. The minimum atomic E-state index is -1.07. The lowest BCUT2D eigenvalue weighted by atomic mass is 10.1. The van der Waals surface area contributed by atoms with Crippen molar-refractivity contribution in [1.82, 2.24) is 15.2 Å². The number of pyridine rings is 1. The van der Waals surface area contributed by atoms with Gasteiger partial charge in [-0.25, -0.2) is 0 Å². The van der Waals surface area contributed by atoms with Gasteiger partial charge in [-0.3, -0.25) is 19.4 Å². The first-order chi connectivity index (χ1) is 10.5. The lowest BCUT2D eigenvalue weighted by Gasteiger charge is -2.23. The lowest BCUT2D eigenvalue weighted by molar-refractivity contribution is -0.144. The molecule has 1 aromatic heterocycles. The quantitative estimate of drug-likeness (QED) is 0.858. The highest BCUT2D eigenvalue weighted by Gasteiger charge is 2.29. The average molecular weight is 326 g/mol. The SMILES string of the molecule is O=C(O)CN1CCCCC(NC(=O)c2ccncc2Cl)C1=O. The van der Waals surface area contributed by atoms with Crippen molar-refractivity contribution >= 4 is 29.4 Å². The van der Waals surface area contributed by atoms with Crippen molar-refractivity contribution in [2.24, 2.45) is 0 Å². The molecule has 0 saturated carbocycles. The fraction of sp³-hybridized carbons (Fsp3) is 0.429. The molecule has 1 saturated heterocycles. The zero-order chi connectivity index (χ0) is 16.1. The van der Waals surface area contributed by atoms with Crippen LogP contribution in [0.15, 0.2) is 18.5 Å². The van der Waals surface area contributed by atoms with Crippen molar-refractivity contribution in [3.8, 4) is 0 Å². The topological polar surface area (TPSA) is 99.6 Å². The molecule has 7 nitrogen and oxygen atoms in total. The average Bonchev–Trinajstić information content (AvgIpc) is 2.63. The van der Waals surface area contributed by atoms with Gasteiger partial charge < -0.3 is 15.3 Å². The van der Waals surface area contributed by atoms with Crippen LogP contribution in [0.5, 0.6) is 0 Å². The van der Waals surface area contributed by atoms with Gasteiger partial charge in [0.2, 0.25) is 5.91 Å². The molecule has 118 valence electrons. The molecule has 2 amide bonds. The largest absolute Gasteiger partial charge is 0.480 e. The zero-order valence-corrected chi connectivity index (χ0v) is 12.5. The Morgan fingerprint density at radius 3 is 2.91 bits per heavy atom. The number of likely N-dealkylation sites (tertiary alicyclic amines) is 1. The van der Waals surface area contributed by atoms with E-state index in [-0.39, 0.29) is 23.0 Å². The van der Waals surface area contributed by atoms with Crippen molar-refractivity contribution in [2.75, 3.05) is 13.1 Å². The molecule has 0 bridgehead atoms. The number of nitrogens with one attached hydrogen (secondary N) is 1. The number of carboxylic acids is 1. The molecule has 0 radical (unpaired) electrons. The van der Waals surface area contributed by atoms with Crippen LogP contribution in [0.3, 0.4) is 0 Å². The molecule has 1 aliphatic rings. The number of aliphatic carboxylic acids is 1. The van der Waals surface area contributed by atoms with Crippen LogP contribution in [-0.2, 0) is 9.59 Å². The van der Waals surface area contributed by atoms with Gasteiger partial charge in [0.05, 0.1) is 10.6 Å². The predicted molar refractivity (Wildman–Crippen MR) is 78.6 cm³/mol. The molecule has 1 fully saturated rings. The van der Waals surface area contributed by atoms with Crippen LogP contribution in [0.4, 0.5) is 0 Å². The summed E-state index contributed by atoms with van der Waals surface area (Å²) in [6.45, 7) is 0.0226. The Bertz CT molecular complexity index is 593. The van der Waals surface area contributed by atoms with Gasteiger partial charge in [-0.05, 0) is 25.3 Å². The number of rotatable bonds is 4. The van der Waals surface area contributed by atoms with E-state index in [0.29, 0.717) is 19.4 Å². The van der Waals surface area contributed by atoms with Crippen molar-refractivity contribution in [3.63, 3.8) is 0 Å². The first-order valence-corrected chi connectivity index (χ1v) is 7.28. The normalized spacial score (nSPS) is 18.7. The van der Waals surface area contributed by atoms with E-state index in [0.717, 1.165) is 6.42 Å². The molecule has 2 N–H and O–H groups in total. The number of carbonyl (C=O) groups is 3. The van der Waals surface area contributed by atoms with Crippen molar-refractivity contribution in [3.05, 3.63) is 29.0 Å². The fourth-order valence-corrected chi connectivity index (χ4v) is 2.56. The molecule has 8 heteroatoms.